The Hall–Kier alpha value is -1.06. The summed E-state index contributed by atoms with van der Waals surface area (Å²) in [5.74, 6) is 0.695. The zero-order valence-electron chi connectivity index (χ0n) is 11.8. The highest BCUT2D eigenvalue weighted by Crippen LogP contribution is 2.33. The summed E-state index contributed by atoms with van der Waals surface area (Å²) >= 11 is 0. The number of piperidine rings is 1. The van der Waals surface area contributed by atoms with Crippen LogP contribution in [0.15, 0.2) is 24.3 Å². The van der Waals surface area contributed by atoms with Crippen LogP contribution in [0.25, 0.3) is 0 Å². The first kappa shape index (κ1) is 13.4. The van der Waals surface area contributed by atoms with Crippen molar-refractivity contribution in [2.24, 2.45) is 5.92 Å². The van der Waals surface area contributed by atoms with Gasteiger partial charge in [-0.1, -0.05) is 12.1 Å². The molecular weight excluding hydrogens is 222 g/mol. The zero-order chi connectivity index (χ0) is 13.1. The third-order valence-corrected chi connectivity index (χ3v) is 3.92. The Morgan fingerprint density at radius 2 is 2.17 bits per heavy atom. The van der Waals surface area contributed by atoms with Crippen molar-refractivity contribution in [1.82, 2.24) is 9.80 Å². The van der Waals surface area contributed by atoms with Crippen LogP contribution in [0, 0.1) is 5.92 Å². The minimum Gasteiger partial charge on any atom is -0.399 e. The predicted molar refractivity (Wildman–Crippen MR) is 77.5 cm³/mol. The molecule has 1 saturated heterocycles. The number of nitrogens with zero attached hydrogens (tertiary/aromatic N) is 2. The van der Waals surface area contributed by atoms with Gasteiger partial charge in [-0.15, -0.1) is 0 Å². The topological polar surface area (TPSA) is 32.5 Å². The van der Waals surface area contributed by atoms with E-state index < -0.39 is 0 Å². The third-order valence-electron chi connectivity index (χ3n) is 3.92. The van der Waals surface area contributed by atoms with Crippen LogP contribution < -0.4 is 5.73 Å². The van der Waals surface area contributed by atoms with E-state index in [1.807, 2.05) is 6.07 Å². The van der Waals surface area contributed by atoms with E-state index in [-0.39, 0.29) is 0 Å². The second-order valence-electron chi connectivity index (χ2n) is 5.74. The van der Waals surface area contributed by atoms with E-state index in [2.05, 4.69) is 49.1 Å². The molecule has 3 nitrogen and oxygen atoms in total. The van der Waals surface area contributed by atoms with E-state index in [1.165, 1.54) is 31.5 Å². The fourth-order valence-corrected chi connectivity index (χ4v) is 3.20. The molecule has 2 unspecified atom stereocenters. The highest BCUT2D eigenvalue weighted by Gasteiger charge is 2.28. The molecular formula is C15H25N3. The number of benzene rings is 1. The minimum absolute atomic E-state index is 0.469. The van der Waals surface area contributed by atoms with E-state index in [0.29, 0.717) is 12.0 Å². The van der Waals surface area contributed by atoms with Crippen LogP contribution in [0.2, 0.25) is 0 Å². The highest BCUT2D eigenvalue weighted by molar-refractivity contribution is 5.41. The molecule has 1 aliphatic heterocycles. The van der Waals surface area contributed by atoms with Gasteiger partial charge in [-0.2, -0.15) is 0 Å². The Morgan fingerprint density at radius 3 is 2.78 bits per heavy atom. The number of likely N-dealkylation sites (tertiary alicyclic amines) is 1. The molecule has 0 aliphatic carbocycles. The van der Waals surface area contributed by atoms with Crippen molar-refractivity contribution in [1.29, 1.82) is 0 Å². The number of nitrogen functional groups attached to an aromatic ring is 1. The fourth-order valence-electron chi connectivity index (χ4n) is 3.20. The maximum atomic E-state index is 5.92. The van der Waals surface area contributed by atoms with Gasteiger partial charge in [0.1, 0.15) is 0 Å². The quantitative estimate of drug-likeness (QED) is 0.831. The van der Waals surface area contributed by atoms with E-state index in [0.717, 1.165) is 5.69 Å². The predicted octanol–water partition coefficient (Wildman–Crippen LogP) is 2.21. The van der Waals surface area contributed by atoms with E-state index in [4.69, 9.17) is 5.73 Å². The van der Waals surface area contributed by atoms with Gasteiger partial charge in [-0.3, -0.25) is 0 Å². The summed E-state index contributed by atoms with van der Waals surface area (Å²) in [6.07, 6.45) is 2.61. The van der Waals surface area contributed by atoms with Gasteiger partial charge in [0.05, 0.1) is 0 Å². The molecule has 2 rings (SSSR count). The molecule has 1 fully saturated rings. The molecule has 0 radical (unpaired) electrons. The molecule has 1 aromatic rings. The lowest BCUT2D eigenvalue weighted by Gasteiger charge is -2.38. The molecule has 1 aromatic carbocycles. The van der Waals surface area contributed by atoms with Crippen LogP contribution in [0.5, 0.6) is 0 Å². The van der Waals surface area contributed by atoms with Gasteiger partial charge >= 0.3 is 0 Å². The van der Waals surface area contributed by atoms with Gasteiger partial charge in [-0.05, 0) is 64.1 Å². The molecule has 1 heterocycles. The lowest BCUT2D eigenvalue weighted by atomic mass is 9.86. The Labute approximate surface area is 111 Å². The van der Waals surface area contributed by atoms with Crippen molar-refractivity contribution in [2.45, 2.75) is 18.9 Å². The van der Waals surface area contributed by atoms with Crippen molar-refractivity contribution in [2.75, 3.05) is 40.0 Å². The summed E-state index contributed by atoms with van der Waals surface area (Å²) in [5, 5.41) is 0. The second-order valence-corrected chi connectivity index (χ2v) is 5.74. The molecule has 2 atom stereocenters. The van der Waals surface area contributed by atoms with Crippen LogP contribution in [-0.4, -0.2) is 44.0 Å². The maximum Gasteiger partial charge on any atom is 0.0383 e. The molecule has 3 heteroatoms. The Morgan fingerprint density at radius 1 is 1.39 bits per heavy atom. The van der Waals surface area contributed by atoms with Crippen LogP contribution in [0.3, 0.4) is 0 Å². The molecule has 18 heavy (non-hydrogen) atoms. The van der Waals surface area contributed by atoms with Gasteiger partial charge in [0, 0.05) is 18.3 Å². The van der Waals surface area contributed by atoms with Crippen molar-refractivity contribution >= 4 is 5.69 Å². The summed E-state index contributed by atoms with van der Waals surface area (Å²) in [6, 6.07) is 8.82. The summed E-state index contributed by atoms with van der Waals surface area (Å²) in [5.41, 5.74) is 8.14. The van der Waals surface area contributed by atoms with Crippen LogP contribution in [0.4, 0.5) is 5.69 Å². The van der Waals surface area contributed by atoms with Gasteiger partial charge in [-0.25, -0.2) is 0 Å². The SMILES string of the molecule is CN1CCCC(C(c2cccc(N)c2)N(C)C)C1. The number of anilines is 1. The van der Waals surface area contributed by atoms with Crippen molar-refractivity contribution in [3.8, 4) is 0 Å². The number of hydrogen-bond acceptors (Lipinski definition) is 3. The van der Waals surface area contributed by atoms with Gasteiger partial charge < -0.3 is 15.5 Å². The first-order chi connectivity index (χ1) is 8.58. The first-order valence-electron chi connectivity index (χ1n) is 6.78. The Bertz CT molecular complexity index is 389. The Balaban J connectivity index is 2.22. The summed E-state index contributed by atoms with van der Waals surface area (Å²) in [4.78, 5) is 4.77. The molecule has 2 N–H and O–H groups in total. The zero-order valence-corrected chi connectivity index (χ0v) is 11.8. The lowest BCUT2D eigenvalue weighted by Crippen LogP contribution is -2.39. The van der Waals surface area contributed by atoms with Crippen LogP contribution in [-0.2, 0) is 0 Å². The standard InChI is InChI=1S/C15H25N3/c1-17(2)15(12-6-4-8-14(16)10-12)13-7-5-9-18(3)11-13/h4,6,8,10,13,15H,5,7,9,11,16H2,1-3H3. The van der Waals surface area contributed by atoms with E-state index in [9.17, 15) is 0 Å². The smallest absolute Gasteiger partial charge is 0.0383 e. The molecule has 0 bridgehead atoms. The minimum atomic E-state index is 0.469. The van der Waals surface area contributed by atoms with Crippen molar-refractivity contribution in [3.05, 3.63) is 29.8 Å². The van der Waals surface area contributed by atoms with E-state index in [1.54, 1.807) is 0 Å². The van der Waals surface area contributed by atoms with Gasteiger partial charge in [0.25, 0.3) is 0 Å². The monoisotopic (exact) mass is 247 g/mol. The molecule has 0 amide bonds. The number of rotatable bonds is 3. The molecule has 0 saturated carbocycles. The number of nitrogens with two attached hydrogens (primary N) is 1. The summed E-state index contributed by atoms with van der Waals surface area (Å²) in [7, 11) is 6.56. The molecule has 100 valence electrons. The van der Waals surface area contributed by atoms with Crippen molar-refractivity contribution < 1.29 is 0 Å². The van der Waals surface area contributed by atoms with Crippen LogP contribution in [0.1, 0.15) is 24.4 Å². The summed E-state index contributed by atoms with van der Waals surface area (Å²) in [6.45, 7) is 2.41. The largest absolute Gasteiger partial charge is 0.399 e. The maximum absolute atomic E-state index is 5.92. The van der Waals surface area contributed by atoms with Gasteiger partial charge in [0.2, 0.25) is 0 Å². The van der Waals surface area contributed by atoms with E-state index >= 15 is 0 Å². The molecule has 1 aliphatic rings. The lowest BCUT2D eigenvalue weighted by molar-refractivity contribution is 0.122. The first-order valence-corrected chi connectivity index (χ1v) is 6.78. The highest BCUT2D eigenvalue weighted by atomic mass is 15.1. The fraction of sp³-hybridized carbons (Fsp3) is 0.600. The van der Waals surface area contributed by atoms with Gasteiger partial charge in [0.15, 0.2) is 0 Å². The average molecular weight is 247 g/mol. The second kappa shape index (κ2) is 5.72. The van der Waals surface area contributed by atoms with Crippen LogP contribution >= 0.6 is 0 Å². The molecule has 0 aromatic heterocycles. The molecule has 0 spiro atoms. The summed E-state index contributed by atoms with van der Waals surface area (Å²) < 4.78 is 0. The Kier molecular flexibility index (Phi) is 4.25. The average Bonchev–Trinajstić information content (AvgIpc) is 2.28. The number of hydrogen-bond donors (Lipinski definition) is 1. The van der Waals surface area contributed by atoms with Crippen molar-refractivity contribution in [3.63, 3.8) is 0 Å². The normalized spacial score (nSPS) is 23.2. The third kappa shape index (κ3) is 3.03.